The minimum atomic E-state index is -4.15. The van der Waals surface area contributed by atoms with Crippen LogP contribution in [0.1, 0.15) is 5.56 Å². The Balaban J connectivity index is 1.63. The number of hydrogen-bond acceptors (Lipinski definition) is 8. The quantitative estimate of drug-likeness (QED) is 0.382. The number of ether oxygens (including phenoxy) is 3. The minimum absolute atomic E-state index is 0.0231. The maximum Gasteiger partial charge on any atom is 0.264 e. The van der Waals surface area contributed by atoms with Crippen LogP contribution in [-0.4, -0.2) is 74.1 Å². The van der Waals surface area contributed by atoms with Crippen LogP contribution < -0.4 is 19.1 Å². The van der Waals surface area contributed by atoms with E-state index in [2.05, 4.69) is 5.32 Å². The number of nitrogens with zero attached hydrogens (tertiary/aromatic N) is 2. The second-order valence-electron chi connectivity index (χ2n) is 8.95. The maximum atomic E-state index is 13.6. The lowest BCUT2D eigenvalue weighted by atomic mass is 10.2. The van der Waals surface area contributed by atoms with Crippen molar-refractivity contribution in [3.63, 3.8) is 0 Å². The molecule has 0 atom stereocenters. The topological polar surface area (TPSA) is 132 Å². The van der Waals surface area contributed by atoms with Crippen LogP contribution in [0.25, 0.3) is 0 Å². The van der Waals surface area contributed by atoms with E-state index in [4.69, 9.17) is 14.2 Å². The molecule has 1 N–H and O–H groups in total. The molecule has 13 heteroatoms. The first-order chi connectivity index (χ1) is 19.1. The predicted molar refractivity (Wildman–Crippen MR) is 150 cm³/mol. The van der Waals surface area contributed by atoms with Crippen molar-refractivity contribution in [3.05, 3.63) is 72.3 Å². The molecule has 3 aromatic carbocycles. The first-order valence-electron chi connectivity index (χ1n) is 12.4. The molecular weight excluding hydrogens is 558 g/mol. The van der Waals surface area contributed by atoms with E-state index >= 15 is 0 Å². The number of carbonyl (C=O) groups excluding carboxylic acids is 1. The molecule has 0 aliphatic carbocycles. The summed E-state index contributed by atoms with van der Waals surface area (Å²) in [5.41, 5.74) is 1.38. The van der Waals surface area contributed by atoms with Crippen LogP contribution in [0.15, 0.2) is 76.5 Å². The Morgan fingerprint density at radius 3 is 2.17 bits per heavy atom. The van der Waals surface area contributed by atoms with E-state index in [1.165, 1.54) is 61.0 Å². The maximum absolute atomic E-state index is 13.6. The van der Waals surface area contributed by atoms with Crippen LogP contribution >= 0.6 is 0 Å². The zero-order valence-electron chi connectivity index (χ0n) is 22.4. The van der Waals surface area contributed by atoms with Gasteiger partial charge < -0.3 is 19.5 Å². The molecule has 1 heterocycles. The molecule has 0 bridgehead atoms. The fourth-order valence-electron chi connectivity index (χ4n) is 4.11. The fraction of sp³-hybridized carbons (Fsp3) is 0.296. The first-order valence-corrected chi connectivity index (χ1v) is 15.2. The van der Waals surface area contributed by atoms with Crippen molar-refractivity contribution in [2.75, 3.05) is 56.7 Å². The molecule has 3 aromatic rings. The summed E-state index contributed by atoms with van der Waals surface area (Å²) in [5, 5.41) is 2.63. The Morgan fingerprint density at radius 2 is 1.57 bits per heavy atom. The van der Waals surface area contributed by atoms with Crippen molar-refractivity contribution in [2.24, 2.45) is 0 Å². The van der Waals surface area contributed by atoms with Gasteiger partial charge in [-0.25, -0.2) is 16.8 Å². The van der Waals surface area contributed by atoms with Gasteiger partial charge in [0.05, 0.1) is 38.0 Å². The summed E-state index contributed by atoms with van der Waals surface area (Å²) in [6, 6.07) is 16.8. The van der Waals surface area contributed by atoms with Crippen molar-refractivity contribution in [1.82, 2.24) is 4.31 Å². The van der Waals surface area contributed by atoms with Gasteiger partial charge in [0, 0.05) is 18.8 Å². The SMILES string of the molecule is COc1ccc(S(=O)(=O)N(CC(=O)Nc2ccc(OC)c(S(=O)(=O)N3CCOCC3)c2)c2ccc(C)cc2)cc1. The Morgan fingerprint density at radius 1 is 0.925 bits per heavy atom. The standard InChI is InChI=1S/C27H31N3O8S2/c1-20-4-7-22(8-5-20)30(39(32,33)24-11-9-23(36-2)10-12-24)19-27(31)28-21-6-13-25(37-3)26(18-21)40(34,35)29-14-16-38-17-15-29/h4-13,18H,14-17,19H2,1-3H3,(H,28,31). The highest BCUT2D eigenvalue weighted by Gasteiger charge is 2.31. The largest absolute Gasteiger partial charge is 0.497 e. The molecule has 4 rings (SSSR count). The third kappa shape index (κ3) is 6.39. The lowest BCUT2D eigenvalue weighted by Gasteiger charge is -2.27. The summed E-state index contributed by atoms with van der Waals surface area (Å²) in [7, 11) is -5.26. The van der Waals surface area contributed by atoms with Gasteiger partial charge in [-0.1, -0.05) is 17.7 Å². The molecule has 1 saturated heterocycles. The van der Waals surface area contributed by atoms with Crippen molar-refractivity contribution < 1.29 is 35.8 Å². The normalized spacial score (nSPS) is 14.4. The van der Waals surface area contributed by atoms with Gasteiger partial charge in [-0.15, -0.1) is 0 Å². The molecule has 1 amide bonds. The third-order valence-electron chi connectivity index (χ3n) is 6.29. The van der Waals surface area contributed by atoms with E-state index in [0.717, 1.165) is 9.87 Å². The van der Waals surface area contributed by atoms with Crippen LogP contribution in [0, 0.1) is 6.92 Å². The number of amides is 1. The highest BCUT2D eigenvalue weighted by Crippen LogP contribution is 2.31. The van der Waals surface area contributed by atoms with E-state index in [1.54, 1.807) is 24.3 Å². The second kappa shape index (κ2) is 12.3. The molecule has 0 unspecified atom stereocenters. The monoisotopic (exact) mass is 589 g/mol. The number of rotatable bonds is 10. The van der Waals surface area contributed by atoms with Crippen LogP contribution in [0.2, 0.25) is 0 Å². The molecule has 0 radical (unpaired) electrons. The summed E-state index contributed by atoms with van der Waals surface area (Å²) >= 11 is 0. The smallest absolute Gasteiger partial charge is 0.264 e. The first kappa shape index (κ1) is 29.3. The van der Waals surface area contributed by atoms with Gasteiger partial charge in [0.25, 0.3) is 10.0 Å². The summed E-state index contributed by atoms with van der Waals surface area (Å²) in [5.74, 6) is -0.0636. The highest BCUT2D eigenvalue weighted by atomic mass is 32.2. The average molecular weight is 590 g/mol. The zero-order chi connectivity index (χ0) is 28.9. The molecule has 1 fully saturated rings. The lowest BCUT2D eigenvalue weighted by molar-refractivity contribution is -0.114. The summed E-state index contributed by atoms with van der Waals surface area (Å²) in [4.78, 5) is 13.1. The number of sulfonamides is 2. The molecule has 214 valence electrons. The van der Waals surface area contributed by atoms with Crippen LogP contribution in [0.4, 0.5) is 11.4 Å². The Kier molecular flexibility index (Phi) is 8.98. The molecular formula is C27H31N3O8S2. The Labute approximate surface area is 234 Å². The van der Waals surface area contributed by atoms with Gasteiger partial charge in [0.15, 0.2) is 0 Å². The molecule has 0 saturated carbocycles. The highest BCUT2D eigenvalue weighted by molar-refractivity contribution is 7.92. The number of carbonyl (C=O) groups is 1. The number of nitrogens with one attached hydrogen (secondary N) is 1. The number of methoxy groups -OCH3 is 2. The van der Waals surface area contributed by atoms with E-state index < -0.39 is 32.5 Å². The van der Waals surface area contributed by atoms with Gasteiger partial charge in [-0.05, 0) is 61.5 Å². The van der Waals surface area contributed by atoms with E-state index in [1.807, 2.05) is 6.92 Å². The van der Waals surface area contributed by atoms with Gasteiger partial charge in [0.2, 0.25) is 15.9 Å². The molecule has 1 aliphatic rings. The van der Waals surface area contributed by atoms with Crippen LogP contribution in [0.5, 0.6) is 11.5 Å². The third-order valence-corrected chi connectivity index (χ3v) is 10.00. The zero-order valence-corrected chi connectivity index (χ0v) is 24.0. The summed E-state index contributed by atoms with van der Waals surface area (Å²) in [6.07, 6.45) is 0. The molecule has 40 heavy (non-hydrogen) atoms. The molecule has 11 nitrogen and oxygen atoms in total. The number of morpholine rings is 1. The van der Waals surface area contributed by atoms with Crippen LogP contribution in [-0.2, 0) is 29.6 Å². The van der Waals surface area contributed by atoms with Crippen molar-refractivity contribution >= 4 is 37.3 Å². The number of hydrogen-bond donors (Lipinski definition) is 1. The van der Waals surface area contributed by atoms with E-state index in [0.29, 0.717) is 11.4 Å². The number of aryl methyl sites for hydroxylation is 1. The molecule has 0 aromatic heterocycles. The van der Waals surface area contributed by atoms with E-state index in [-0.39, 0.29) is 47.5 Å². The second-order valence-corrected chi connectivity index (χ2v) is 12.7. The van der Waals surface area contributed by atoms with Crippen molar-refractivity contribution in [1.29, 1.82) is 0 Å². The van der Waals surface area contributed by atoms with Gasteiger partial charge in [-0.3, -0.25) is 9.10 Å². The minimum Gasteiger partial charge on any atom is -0.497 e. The average Bonchev–Trinajstić information content (AvgIpc) is 2.97. The Hall–Kier alpha value is -3.65. The number of benzene rings is 3. The van der Waals surface area contributed by atoms with Crippen molar-refractivity contribution in [3.8, 4) is 11.5 Å². The van der Waals surface area contributed by atoms with Crippen molar-refractivity contribution in [2.45, 2.75) is 16.7 Å². The fourth-order valence-corrected chi connectivity index (χ4v) is 7.12. The van der Waals surface area contributed by atoms with Gasteiger partial charge >= 0.3 is 0 Å². The van der Waals surface area contributed by atoms with Gasteiger partial charge in [-0.2, -0.15) is 4.31 Å². The predicted octanol–water partition coefficient (Wildman–Crippen LogP) is 2.87. The molecule has 0 spiro atoms. The summed E-state index contributed by atoms with van der Waals surface area (Å²) < 4.78 is 71.9. The number of anilines is 2. The van der Waals surface area contributed by atoms with Gasteiger partial charge in [0.1, 0.15) is 22.9 Å². The lowest BCUT2D eigenvalue weighted by Crippen LogP contribution is -2.40. The summed E-state index contributed by atoms with van der Waals surface area (Å²) in [6.45, 7) is 2.23. The Bertz CT molecular complexity index is 1550. The van der Waals surface area contributed by atoms with E-state index in [9.17, 15) is 21.6 Å². The molecule has 1 aliphatic heterocycles. The van der Waals surface area contributed by atoms with Crippen LogP contribution in [0.3, 0.4) is 0 Å².